The Morgan fingerprint density at radius 3 is 1.27 bits per heavy atom. The molecular formula is C22H16N2O2. The number of carbonyl (C=O) groups is 2. The van der Waals surface area contributed by atoms with Crippen LogP contribution in [0.2, 0.25) is 0 Å². The second-order valence-electron chi connectivity index (χ2n) is 5.57. The topological polar surface area (TPSA) is 59.9 Å². The van der Waals surface area contributed by atoms with Crippen LogP contribution in [0.25, 0.3) is 24.3 Å². The van der Waals surface area contributed by atoms with Gasteiger partial charge in [0.25, 0.3) is 0 Å². The standard InChI is InChI=1S/C22H16N2O2/c25-15-21-14-20(4-2-18-7-11-24-12-8-18)22(16-26)13-19(21)3-1-17-5-9-23-10-6-17/h1-16H/b3-1+,4-2+. The molecule has 0 aliphatic rings. The van der Waals surface area contributed by atoms with Crippen LogP contribution >= 0.6 is 0 Å². The Labute approximate surface area is 151 Å². The molecule has 2 aromatic heterocycles. The summed E-state index contributed by atoms with van der Waals surface area (Å²) in [6.07, 6.45) is 15.8. The molecule has 4 nitrogen and oxygen atoms in total. The number of benzene rings is 1. The minimum Gasteiger partial charge on any atom is -0.298 e. The van der Waals surface area contributed by atoms with E-state index in [1.807, 2.05) is 48.6 Å². The van der Waals surface area contributed by atoms with Gasteiger partial charge in [-0.25, -0.2) is 0 Å². The number of pyridine rings is 2. The summed E-state index contributed by atoms with van der Waals surface area (Å²) in [7, 11) is 0. The van der Waals surface area contributed by atoms with Gasteiger partial charge in [0.2, 0.25) is 0 Å². The monoisotopic (exact) mass is 340 g/mol. The van der Waals surface area contributed by atoms with Crippen molar-refractivity contribution in [3.63, 3.8) is 0 Å². The van der Waals surface area contributed by atoms with Gasteiger partial charge in [0.15, 0.2) is 12.6 Å². The fourth-order valence-corrected chi connectivity index (χ4v) is 2.48. The van der Waals surface area contributed by atoms with E-state index in [1.54, 1.807) is 36.9 Å². The van der Waals surface area contributed by atoms with Crippen molar-refractivity contribution >= 4 is 36.9 Å². The first kappa shape index (κ1) is 17.2. The number of rotatable bonds is 6. The molecule has 0 spiro atoms. The van der Waals surface area contributed by atoms with Gasteiger partial charge in [0.1, 0.15) is 0 Å². The van der Waals surface area contributed by atoms with Crippen LogP contribution in [0.1, 0.15) is 43.0 Å². The molecule has 3 aromatic rings. The lowest BCUT2D eigenvalue weighted by atomic mass is 9.98. The van der Waals surface area contributed by atoms with Gasteiger partial charge in [-0.05, 0) is 58.7 Å². The van der Waals surface area contributed by atoms with Gasteiger partial charge in [-0.2, -0.15) is 0 Å². The van der Waals surface area contributed by atoms with Crippen LogP contribution in [0.15, 0.2) is 61.2 Å². The number of aromatic nitrogens is 2. The lowest BCUT2D eigenvalue weighted by molar-refractivity contribution is 0.111. The summed E-state index contributed by atoms with van der Waals surface area (Å²) >= 11 is 0. The maximum Gasteiger partial charge on any atom is 0.150 e. The SMILES string of the molecule is O=Cc1cc(/C=C/c2ccncc2)c(C=O)cc1/C=C/c1ccncc1. The van der Waals surface area contributed by atoms with Crippen LogP contribution in [0.3, 0.4) is 0 Å². The number of hydrogen-bond acceptors (Lipinski definition) is 4. The Hall–Kier alpha value is -3.66. The van der Waals surface area contributed by atoms with Crippen molar-refractivity contribution in [2.45, 2.75) is 0 Å². The van der Waals surface area contributed by atoms with E-state index >= 15 is 0 Å². The number of hydrogen-bond donors (Lipinski definition) is 0. The summed E-state index contributed by atoms with van der Waals surface area (Å²) in [5.41, 5.74) is 4.36. The van der Waals surface area contributed by atoms with E-state index in [2.05, 4.69) is 9.97 Å². The van der Waals surface area contributed by atoms with Crippen LogP contribution in [0.5, 0.6) is 0 Å². The predicted molar refractivity (Wildman–Crippen MR) is 104 cm³/mol. The third-order valence-corrected chi connectivity index (χ3v) is 3.87. The first-order valence-electron chi connectivity index (χ1n) is 8.05. The first-order chi connectivity index (χ1) is 12.8. The summed E-state index contributed by atoms with van der Waals surface area (Å²) in [6, 6.07) is 10.9. The van der Waals surface area contributed by atoms with Crippen LogP contribution < -0.4 is 0 Å². The highest BCUT2D eigenvalue weighted by Crippen LogP contribution is 2.20. The molecule has 0 bridgehead atoms. The van der Waals surface area contributed by atoms with Crippen LogP contribution in [-0.4, -0.2) is 22.5 Å². The third-order valence-electron chi connectivity index (χ3n) is 3.87. The van der Waals surface area contributed by atoms with Crippen molar-refractivity contribution in [3.8, 4) is 0 Å². The summed E-state index contributed by atoms with van der Waals surface area (Å²) < 4.78 is 0. The van der Waals surface area contributed by atoms with Gasteiger partial charge < -0.3 is 0 Å². The minimum atomic E-state index is 0.523. The van der Waals surface area contributed by atoms with Crippen molar-refractivity contribution in [2.24, 2.45) is 0 Å². The molecule has 1 aromatic carbocycles. The Bertz CT molecular complexity index is 881. The highest BCUT2D eigenvalue weighted by Gasteiger charge is 2.06. The summed E-state index contributed by atoms with van der Waals surface area (Å²) in [6.45, 7) is 0. The van der Waals surface area contributed by atoms with E-state index in [9.17, 15) is 9.59 Å². The molecule has 126 valence electrons. The normalized spacial score (nSPS) is 11.1. The first-order valence-corrected chi connectivity index (χ1v) is 8.05. The molecule has 0 amide bonds. The molecule has 4 heteroatoms. The van der Waals surface area contributed by atoms with Gasteiger partial charge in [0, 0.05) is 35.9 Å². The van der Waals surface area contributed by atoms with Crippen molar-refractivity contribution in [1.29, 1.82) is 0 Å². The molecule has 0 atom stereocenters. The van der Waals surface area contributed by atoms with Crippen LogP contribution in [-0.2, 0) is 0 Å². The van der Waals surface area contributed by atoms with E-state index in [0.29, 0.717) is 22.3 Å². The molecule has 0 fully saturated rings. The molecule has 0 aliphatic heterocycles. The third kappa shape index (κ3) is 4.24. The highest BCUT2D eigenvalue weighted by molar-refractivity contribution is 5.92. The highest BCUT2D eigenvalue weighted by atomic mass is 16.1. The quantitative estimate of drug-likeness (QED) is 0.622. The maximum atomic E-state index is 11.5. The van der Waals surface area contributed by atoms with Gasteiger partial charge in [0.05, 0.1) is 0 Å². The molecule has 0 N–H and O–H groups in total. The minimum absolute atomic E-state index is 0.523. The second kappa shape index (κ2) is 8.44. The predicted octanol–water partition coefficient (Wildman–Crippen LogP) is 4.44. The zero-order valence-electron chi connectivity index (χ0n) is 13.9. The number of carbonyl (C=O) groups excluding carboxylic acids is 2. The smallest absolute Gasteiger partial charge is 0.150 e. The molecule has 26 heavy (non-hydrogen) atoms. The second-order valence-corrected chi connectivity index (χ2v) is 5.57. The molecule has 0 saturated carbocycles. The summed E-state index contributed by atoms with van der Waals surface area (Å²) in [4.78, 5) is 30.9. The molecule has 0 aliphatic carbocycles. The molecule has 3 rings (SSSR count). The Balaban J connectivity index is 1.95. The van der Waals surface area contributed by atoms with Crippen molar-refractivity contribution < 1.29 is 9.59 Å². The van der Waals surface area contributed by atoms with E-state index in [4.69, 9.17) is 0 Å². The van der Waals surface area contributed by atoms with E-state index in [1.165, 1.54) is 0 Å². The fraction of sp³-hybridized carbons (Fsp3) is 0. The van der Waals surface area contributed by atoms with Crippen LogP contribution in [0.4, 0.5) is 0 Å². The molecule has 0 radical (unpaired) electrons. The number of aldehydes is 2. The Morgan fingerprint density at radius 2 is 0.923 bits per heavy atom. The Kier molecular flexibility index (Phi) is 5.58. The zero-order chi connectivity index (χ0) is 18.2. The van der Waals surface area contributed by atoms with Crippen molar-refractivity contribution in [2.75, 3.05) is 0 Å². The zero-order valence-corrected chi connectivity index (χ0v) is 13.9. The fourth-order valence-electron chi connectivity index (χ4n) is 2.48. The van der Waals surface area contributed by atoms with E-state index < -0.39 is 0 Å². The largest absolute Gasteiger partial charge is 0.298 e. The Morgan fingerprint density at radius 1 is 0.538 bits per heavy atom. The maximum absolute atomic E-state index is 11.5. The van der Waals surface area contributed by atoms with Crippen molar-refractivity contribution in [3.05, 3.63) is 94.6 Å². The molecule has 0 saturated heterocycles. The van der Waals surface area contributed by atoms with Crippen molar-refractivity contribution in [1.82, 2.24) is 9.97 Å². The van der Waals surface area contributed by atoms with E-state index in [0.717, 1.165) is 23.7 Å². The lowest BCUT2D eigenvalue weighted by Gasteiger charge is -2.06. The van der Waals surface area contributed by atoms with Gasteiger partial charge in [-0.3, -0.25) is 19.6 Å². The number of nitrogens with zero attached hydrogens (tertiary/aromatic N) is 2. The van der Waals surface area contributed by atoms with E-state index in [-0.39, 0.29) is 0 Å². The van der Waals surface area contributed by atoms with Gasteiger partial charge in [-0.1, -0.05) is 24.3 Å². The van der Waals surface area contributed by atoms with Gasteiger partial charge in [-0.15, -0.1) is 0 Å². The molecule has 0 unspecified atom stereocenters. The lowest BCUT2D eigenvalue weighted by Crippen LogP contribution is -1.94. The molecule has 2 heterocycles. The average Bonchev–Trinajstić information content (AvgIpc) is 2.72. The molecular weight excluding hydrogens is 324 g/mol. The summed E-state index contributed by atoms with van der Waals surface area (Å²) in [5.74, 6) is 0. The van der Waals surface area contributed by atoms with Gasteiger partial charge >= 0.3 is 0 Å². The summed E-state index contributed by atoms with van der Waals surface area (Å²) in [5, 5.41) is 0. The average molecular weight is 340 g/mol. The van der Waals surface area contributed by atoms with Crippen LogP contribution in [0, 0.1) is 0 Å².